The summed E-state index contributed by atoms with van der Waals surface area (Å²) in [6.45, 7) is 2.74. The normalized spacial score (nSPS) is 11.5. The Labute approximate surface area is 199 Å². The van der Waals surface area contributed by atoms with Gasteiger partial charge in [0.1, 0.15) is 10.8 Å². The Kier molecular flexibility index (Phi) is 6.15. The molecule has 0 aliphatic heterocycles. The lowest BCUT2D eigenvalue weighted by Gasteiger charge is -2.10. The zero-order chi connectivity index (χ0) is 22.8. The van der Waals surface area contributed by atoms with Gasteiger partial charge in [0.05, 0.1) is 29.3 Å². The van der Waals surface area contributed by atoms with Gasteiger partial charge in [-0.3, -0.25) is 13.8 Å². The summed E-state index contributed by atoms with van der Waals surface area (Å²) in [6, 6.07) is 15.5. The molecule has 0 fully saturated rings. The molecule has 0 unspecified atom stereocenters. The van der Waals surface area contributed by atoms with Crippen LogP contribution in [0, 0.1) is 0 Å². The highest BCUT2D eigenvalue weighted by Crippen LogP contribution is 2.33. The Morgan fingerprint density at radius 3 is 2.76 bits per heavy atom. The molecule has 0 bridgehead atoms. The Balaban J connectivity index is 1.49. The largest absolute Gasteiger partial charge is 0.496 e. The molecule has 0 saturated heterocycles. The van der Waals surface area contributed by atoms with Crippen LogP contribution >= 0.6 is 23.1 Å². The number of thioether (sulfide) groups is 1. The molecule has 0 radical (unpaired) electrons. The number of rotatable bonds is 8. The first-order chi connectivity index (χ1) is 16.2. The Morgan fingerprint density at radius 1 is 1.09 bits per heavy atom. The van der Waals surface area contributed by atoms with E-state index in [1.165, 1.54) is 0 Å². The molecule has 0 N–H and O–H groups in total. The van der Waals surface area contributed by atoms with Gasteiger partial charge in [0, 0.05) is 17.7 Å². The van der Waals surface area contributed by atoms with Crippen molar-refractivity contribution in [2.24, 2.45) is 0 Å². The van der Waals surface area contributed by atoms with E-state index in [1.54, 1.807) is 34.8 Å². The maximum atomic E-state index is 13.1. The van der Waals surface area contributed by atoms with Crippen LogP contribution in [0.3, 0.4) is 0 Å². The lowest BCUT2D eigenvalue weighted by atomic mass is 10.2. The summed E-state index contributed by atoms with van der Waals surface area (Å²) in [5.41, 5.74) is 2.76. The van der Waals surface area contributed by atoms with Crippen LogP contribution in [-0.4, -0.2) is 31.3 Å². The van der Waals surface area contributed by atoms with Crippen molar-refractivity contribution in [2.75, 3.05) is 7.11 Å². The highest BCUT2D eigenvalue weighted by molar-refractivity contribution is 7.98. The van der Waals surface area contributed by atoms with Gasteiger partial charge in [-0.25, -0.2) is 4.98 Å². The molecule has 0 aliphatic rings. The molecule has 2 aromatic carbocycles. The average Bonchev–Trinajstić information content (AvgIpc) is 3.50. The molecule has 0 saturated carbocycles. The molecule has 0 atom stereocenters. The second-order valence-corrected chi connectivity index (χ2v) is 9.38. The molecule has 7 nitrogen and oxygen atoms in total. The molecule has 33 heavy (non-hydrogen) atoms. The van der Waals surface area contributed by atoms with E-state index < -0.39 is 0 Å². The molecular formula is C24H23N5O2S2. The predicted molar refractivity (Wildman–Crippen MR) is 133 cm³/mol. The number of methoxy groups -OCH3 is 1. The van der Waals surface area contributed by atoms with Crippen LogP contribution in [0.15, 0.2) is 63.9 Å². The van der Waals surface area contributed by atoms with E-state index in [0.29, 0.717) is 23.5 Å². The van der Waals surface area contributed by atoms with Crippen molar-refractivity contribution in [1.82, 2.24) is 24.1 Å². The molecule has 168 valence electrons. The standard InChI is InChI=1S/C24H23N5O2S2/c1-3-4-13-28-22(30)17-9-5-7-11-19(17)29-23(28)26-27-24(29)33-15-16-14-32-21(25-16)18-10-6-8-12-20(18)31-2/h5-12,14H,3-4,13,15H2,1-2H3. The van der Waals surface area contributed by atoms with Gasteiger partial charge in [0.25, 0.3) is 5.56 Å². The number of benzene rings is 2. The Morgan fingerprint density at radius 2 is 1.91 bits per heavy atom. The van der Waals surface area contributed by atoms with Crippen molar-refractivity contribution in [3.8, 4) is 16.3 Å². The minimum absolute atomic E-state index is 0.0172. The third-order valence-corrected chi connectivity index (χ3v) is 7.34. The summed E-state index contributed by atoms with van der Waals surface area (Å²) in [6.07, 6.45) is 1.91. The minimum Gasteiger partial charge on any atom is -0.496 e. The minimum atomic E-state index is -0.0172. The van der Waals surface area contributed by atoms with E-state index in [0.717, 1.165) is 45.5 Å². The van der Waals surface area contributed by atoms with Gasteiger partial charge in [0.15, 0.2) is 5.16 Å². The molecule has 9 heteroatoms. The fourth-order valence-corrected chi connectivity index (χ4v) is 5.59. The maximum absolute atomic E-state index is 13.1. The maximum Gasteiger partial charge on any atom is 0.262 e. The molecule has 0 amide bonds. The molecule has 3 heterocycles. The molecule has 0 aliphatic carbocycles. The quantitative estimate of drug-likeness (QED) is 0.284. The van der Waals surface area contributed by atoms with E-state index in [4.69, 9.17) is 9.72 Å². The summed E-state index contributed by atoms with van der Waals surface area (Å²) in [7, 11) is 1.67. The second-order valence-electron chi connectivity index (χ2n) is 7.58. The third kappa shape index (κ3) is 4.02. The smallest absolute Gasteiger partial charge is 0.262 e. The van der Waals surface area contributed by atoms with Gasteiger partial charge in [-0.1, -0.05) is 49.4 Å². The summed E-state index contributed by atoms with van der Waals surface area (Å²) in [5.74, 6) is 2.04. The molecule has 5 aromatic rings. The SMILES string of the molecule is CCCCn1c(=O)c2ccccc2n2c(SCc3csc(-c4ccccc4OC)n3)nnc12. The van der Waals surface area contributed by atoms with E-state index in [9.17, 15) is 4.79 Å². The topological polar surface area (TPSA) is 74.3 Å². The van der Waals surface area contributed by atoms with Gasteiger partial charge in [-0.2, -0.15) is 0 Å². The van der Waals surface area contributed by atoms with E-state index in [2.05, 4.69) is 22.5 Å². The van der Waals surface area contributed by atoms with Crippen LogP contribution in [0.2, 0.25) is 0 Å². The monoisotopic (exact) mass is 477 g/mol. The van der Waals surface area contributed by atoms with Crippen molar-refractivity contribution < 1.29 is 4.74 Å². The number of hydrogen-bond acceptors (Lipinski definition) is 7. The number of hydrogen-bond donors (Lipinski definition) is 0. The van der Waals surface area contributed by atoms with E-state index >= 15 is 0 Å². The van der Waals surface area contributed by atoms with Gasteiger partial charge in [0.2, 0.25) is 5.78 Å². The summed E-state index contributed by atoms with van der Waals surface area (Å²) in [5, 5.41) is 13.2. The van der Waals surface area contributed by atoms with Gasteiger partial charge in [-0.15, -0.1) is 21.5 Å². The van der Waals surface area contributed by atoms with Crippen LogP contribution in [0.5, 0.6) is 5.75 Å². The highest BCUT2D eigenvalue weighted by atomic mass is 32.2. The first kappa shape index (κ1) is 21.7. The summed E-state index contributed by atoms with van der Waals surface area (Å²) < 4.78 is 9.21. The van der Waals surface area contributed by atoms with Crippen LogP contribution in [0.25, 0.3) is 27.3 Å². The fraction of sp³-hybridized carbons (Fsp3) is 0.250. The number of nitrogens with zero attached hydrogens (tertiary/aromatic N) is 5. The van der Waals surface area contributed by atoms with Gasteiger partial charge < -0.3 is 4.74 Å². The fourth-order valence-electron chi connectivity index (χ4n) is 3.80. The highest BCUT2D eigenvalue weighted by Gasteiger charge is 2.17. The number of unbranched alkanes of at least 4 members (excludes halogenated alkanes) is 1. The van der Waals surface area contributed by atoms with Gasteiger partial charge >= 0.3 is 0 Å². The predicted octanol–water partition coefficient (Wildman–Crippen LogP) is 5.27. The first-order valence-corrected chi connectivity index (χ1v) is 12.6. The van der Waals surface area contributed by atoms with Crippen LogP contribution in [0.4, 0.5) is 0 Å². The lowest BCUT2D eigenvalue weighted by Crippen LogP contribution is -2.23. The van der Waals surface area contributed by atoms with Crippen molar-refractivity contribution >= 4 is 39.8 Å². The Bertz CT molecular complexity index is 1490. The molecule has 5 rings (SSSR count). The third-order valence-electron chi connectivity index (χ3n) is 5.45. The number of aromatic nitrogens is 5. The van der Waals surface area contributed by atoms with Crippen molar-refractivity contribution in [3.63, 3.8) is 0 Å². The summed E-state index contributed by atoms with van der Waals surface area (Å²) >= 11 is 3.16. The summed E-state index contributed by atoms with van der Waals surface area (Å²) in [4.78, 5) is 17.9. The number of para-hydroxylation sites is 2. The lowest BCUT2D eigenvalue weighted by molar-refractivity contribution is 0.416. The van der Waals surface area contributed by atoms with Crippen molar-refractivity contribution in [2.45, 2.75) is 37.2 Å². The zero-order valence-corrected chi connectivity index (χ0v) is 20.0. The molecule has 0 spiro atoms. The zero-order valence-electron chi connectivity index (χ0n) is 18.4. The molecular weight excluding hydrogens is 454 g/mol. The number of thiazole rings is 1. The second kappa shape index (κ2) is 9.36. The van der Waals surface area contributed by atoms with E-state index in [-0.39, 0.29) is 5.56 Å². The van der Waals surface area contributed by atoms with E-state index in [1.807, 2.05) is 52.9 Å². The van der Waals surface area contributed by atoms with Crippen molar-refractivity contribution in [3.05, 3.63) is 70.0 Å². The number of fused-ring (bicyclic) bond motifs is 3. The van der Waals surface area contributed by atoms with Crippen LogP contribution < -0.4 is 10.3 Å². The average molecular weight is 478 g/mol. The van der Waals surface area contributed by atoms with Gasteiger partial charge in [-0.05, 0) is 30.7 Å². The molecule has 3 aromatic heterocycles. The van der Waals surface area contributed by atoms with Crippen LogP contribution in [0.1, 0.15) is 25.5 Å². The van der Waals surface area contributed by atoms with Crippen molar-refractivity contribution in [1.29, 1.82) is 0 Å². The van der Waals surface area contributed by atoms with Crippen LogP contribution in [-0.2, 0) is 12.3 Å². The first-order valence-electron chi connectivity index (χ1n) is 10.8. The Hall–Kier alpha value is -3.17. The number of ether oxygens (including phenoxy) is 1. The number of aryl methyl sites for hydroxylation is 1.